The number of hydrogen-bond acceptors (Lipinski definition) is 4. The van der Waals surface area contributed by atoms with Gasteiger partial charge in [-0.05, 0) is 0 Å². The van der Waals surface area contributed by atoms with Gasteiger partial charge in [0.05, 0.1) is 0 Å². The van der Waals surface area contributed by atoms with Gasteiger partial charge in [0.25, 0.3) is 0 Å². The van der Waals surface area contributed by atoms with Crippen molar-refractivity contribution >= 4 is 10.3 Å². The third-order valence-corrected chi connectivity index (χ3v) is 6.51. The zero-order valence-electron chi connectivity index (χ0n) is 11.9. The van der Waals surface area contributed by atoms with Gasteiger partial charge >= 0.3 is 140 Å². The van der Waals surface area contributed by atoms with Crippen LogP contribution in [0.3, 0.4) is 0 Å². The molecule has 2 N–H and O–H groups in total. The predicted octanol–water partition coefficient (Wildman–Crippen LogP) is -0.472. The molecule has 0 spiro atoms. The zero-order chi connectivity index (χ0) is 15.8. The Hall–Kier alpha value is -1.73. The number of hydrogen-bond donors (Lipinski definition) is 1. The first-order chi connectivity index (χ1) is 10.7. The molecule has 2 aromatic rings. The number of nitrogens with two attached hydrogens (primary N) is 1. The Morgan fingerprint density at radius 3 is 1.96 bits per heavy atom. The van der Waals surface area contributed by atoms with Gasteiger partial charge in [0.15, 0.2) is 0 Å². The first-order valence-electron chi connectivity index (χ1n) is 6.80. The number of ether oxygens (including phenoxy) is 1. The Balaban J connectivity index is 0.00000264. The maximum atomic E-state index is 12.3. The molecule has 2 aromatic carbocycles. The van der Waals surface area contributed by atoms with E-state index in [1.807, 2.05) is 60.7 Å². The van der Waals surface area contributed by atoms with Crippen LogP contribution in [0.2, 0.25) is 0 Å². The molecular formula is C18H21INO3-. The second-order valence-electron chi connectivity index (χ2n) is 4.63. The Morgan fingerprint density at radius 2 is 1.52 bits per heavy atom. The summed E-state index contributed by atoms with van der Waals surface area (Å²) in [5.41, 5.74) is 8.02. The molecule has 1 atom stereocenters. The fourth-order valence-corrected chi connectivity index (χ4v) is 4.76. The van der Waals surface area contributed by atoms with Gasteiger partial charge in [0.2, 0.25) is 0 Å². The summed E-state index contributed by atoms with van der Waals surface area (Å²) >= 11 is -0.879. The number of halogens is 1. The van der Waals surface area contributed by atoms with E-state index in [0.717, 1.165) is 11.1 Å². The van der Waals surface area contributed by atoms with Gasteiger partial charge in [-0.2, -0.15) is 0 Å². The molecule has 0 aromatic heterocycles. The monoisotopic (exact) mass is 426 g/mol. The van der Waals surface area contributed by atoms with Crippen molar-refractivity contribution in [2.45, 2.75) is 17.4 Å². The van der Waals surface area contributed by atoms with Crippen molar-refractivity contribution in [2.24, 2.45) is 5.73 Å². The van der Waals surface area contributed by atoms with Crippen molar-refractivity contribution < 1.29 is 35.5 Å². The Morgan fingerprint density at radius 1 is 1.04 bits per heavy atom. The summed E-state index contributed by atoms with van der Waals surface area (Å²) in [4.78, 5) is 22.6. The van der Waals surface area contributed by atoms with Gasteiger partial charge in [0, 0.05) is 0 Å². The molecule has 0 fully saturated rings. The van der Waals surface area contributed by atoms with Crippen molar-refractivity contribution in [2.75, 3.05) is 6.61 Å². The van der Waals surface area contributed by atoms with Crippen molar-refractivity contribution in [1.82, 2.24) is 0 Å². The Kier molecular flexibility index (Phi) is 8.50. The Labute approximate surface area is 147 Å². The molecule has 0 bridgehead atoms. The van der Waals surface area contributed by atoms with Crippen LogP contribution in [0.15, 0.2) is 60.7 Å². The van der Waals surface area contributed by atoms with E-state index in [2.05, 4.69) is 4.74 Å². The average molecular weight is 426 g/mol. The van der Waals surface area contributed by atoms with E-state index in [4.69, 9.17) is 5.73 Å². The van der Waals surface area contributed by atoms with E-state index in [-0.39, 0.29) is 21.7 Å². The molecule has 1 unspecified atom stereocenters. The number of carbonyl (C=O) groups excluding carboxylic acids is 2. The molecular weight excluding hydrogens is 405 g/mol. The molecule has 23 heavy (non-hydrogen) atoms. The molecule has 0 aliphatic rings. The average Bonchev–Trinajstić information content (AvgIpc) is 2.58. The van der Waals surface area contributed by atoms with Crippen LogP contribution in [-0.2, 0) is 14.3 Å². The molecule has 0 saturated carbocycles. The van der Waals surface area contributed by atoms with E-state index in [9.17, 15) is 9.59 Å². The van der Waals surface area contributed by atoms with Crippen LogP contribution in [0.25, 0.3) is 0 Å². The van der Waals surface area contributed by atoms with Gasteiger partial charge in [0.1, 0.15) is 0 Å². The standard InChI is InChI=1S/C17H17INO3.CH4/c19-15(11-22-12-20)17(21)18-16(13-7-3-1-4-8-13)14-9-5-2-6-10-14;/h1-10,12,15-16H,11,19H2;1H4/q-1;. The molecule has 2 rings (SSSR count). The second-order valence-corrected chi connectivity index (χ2v) is 7.56. The number of carbonyl (C=O) groups is 2. The Bertz CT molecular complexity index is 565. The quantitative estimate of drug-likeness (QED) is 0.268. The SMILES string of the molecule is C.NC(COC=O)C(=O)[I-]C(c1ccccc1)c1ccccc1. The molecule has 0 saturated heterocycles. The molecule has 0 radical (unpaired) electrons. The van der Waals surface area contributed by atoms with Crippen LogP contribution in [-0.4, -0.2) is 22.9 Å². The summed E-state index contributed by atoms with van der Waals surface area (Å²) in [5, 5.41) is 0. The molecule has 0 aliphatic carbocycles. The minimum absolute atomic E-state index is 0. The van der Waals surface area contributed by atoms with Crippen molar-refractivity contribution in [3.8, 4) is 0 Å². The summed E-state index contributed by atoms with van der Waals surface area (Å²) in [6, 6.07) is 19.1. The molecule has 4 nitrogen and oxygen atoms in total. The first-order valence-corrected chi connectivity index (χ1v) is 9.12. The van der Waals surface area contributed by atoms with Crippen LogP contribution in [0.1, 0.15) is 22.5 Å². The predicted molar refractivity (Wildman–Crippen MR) is 86.5 cm³/mol. The molecule has 5 heteroatoms. The third-order valence-electron chi connectivity index (χ3n) is 3.04. The minimum atomic E-state index is -0.879. The van der Waals surface area contributed by atoms with Gasteiger partial charge < -0.3 is 0 Å². The van der Waals surface area contributed by atoms with Crippen LogP contribution < -0.4 is 26.9 Å². The third kappa shape index (κ3) is 5.76. The summed E-state index contributed by atoms with van der Waals surface area (Å²) in [7, 11) is 0. The van der Waals surface area contributed by atoms with Crippen LogP contribution in [0.4, 0.5) is 0 Å². The van der Waals surface area contributed by atoms with E-state index in [0.29, 0.717) is 6.47 Å². The summed E-state index contributed by atoms with van der Waals surface area (Å²) in [6.45, 7) is 0.260. The summed E-state index contributed by atoms with van der Waals surface area (Å²) < 4.78 is 4.64. The maximum absolute atomic E-state index is 12.3. The van der Waals surface area contributed by atoms with Gasteiger partial charge in [-0.25, -0.2) is 0 Å². The number of alkyl halides is 1. The number of benzene rings is 2. The molecule has 0 heterocycles. The zero-order valence-corrected chi connectivity index (χ0v) is 14.1. The van der Waals surface area contributed by atoms with Crippen LogP contribution in [0, 0.1) is 0 Å². The molecule has 124 valence electrons. The molecule has 0 amide bonds. The van der Waals surface area contributed by atoms with E-state index < -0.39 is 27.2 Å². The van der Waals surface area contributed by atoms with E-state index in [1.54, 1.807) is 0 Å². The molecule has 0 aliphatic heterocycles. The van der Waals surface area contributed by atoms with Crippen LogP contribution in [0.5, 0.6) is 0 Å². The van der Waals surface area contributed by atoms with E-state index in [1.165, 1.54) is 0 Å². The van der Waals surface area contributed by atoms with E-state index >= 15 is 0 Å². The van der Waals surface area contributed by atoms with Gasteiger partial charge in [-0.15, -0.1) is 0 Å². The van der Waals surface area contributed by atoms with Crippen molar-refractivity contribution in [1.29, 1.82) is 0 Å². The fourth-order valence-electron chi connectivity index (χ4n) is 1.96. The summed E-state index contributed by atoms with van der Waals surface area (Å²) in [6.07, 6.45) is 0. The normalized spacial score (nSPS) is 11.6. The van der Waals surface area contributed by atoms with Crippen LogP contribution >= 0.6 is 0 Å². The van der Waals surface area contributed by atoms with Gasteiger partial charge in [-0.1, -0.05) is 7.43 Å². The topological polar surface area (TPSA) is 69.4 Å². The summed E-state index contributed by atoms with van der Waals surface area (Å²) in [5.74, 6) is 0. The fraction of sp³-hybridized carbons (Fsp3) is 0.222. The number of rotatable bonds is 8. The first kappa shape index (κ1) is 19.3. The second kappa shape index (κ2) is 10.1. The van der Waals surface area contributed by atoms with Crippen molar-refractivity contribution in [3.63, 3.8) is 0 Å². The van der Waals surface area contributed by atoms with Crippen molar-refractivity contribution in [3.05, 3.63) is 71.8 Å². The van der Waals surface area contributed by atoms with Gasteiger partial charge in [-0.3, -0.25) is 0 Å².